The Bertz CT molecular complexity index is 1530. The number of nitrogens with one attached hydrogen (secondary N) is 1. The van der Waals surface area contributed by atoms with Crippen LogP contribution in [0, 0.1) is 0 Å². The number of Topliss-reactive ketones (excluding diaryl/α,β-unsaturated/α-hetero) is 1. The van der Waals surface area contributed by atoms with Crippen molar-refractivity contribution in [3.05, 3.63) is 172 Å². The van der Waals surface area contributed by atoms with E-state index in [0.717, 1.165) is 25.8 Å². The van der Waals surface area contributed by atoms with E-state index in [1.807, 2.05) is 115 Å². The predicted molar refractivity (Wildman–Crippen MR) is 178 cm³/mol. The van der Waals surface area contributed by atoms with Crippen LogP contribution in [-0.2, 0) is 0 Å². The van der Waals surface area contributed by atoms with Crippen LogP contribution < -0.4 is 21.2 Å². The molecule has 6 heteroatoms. The first-order chi connectivity index (χ1) is 20.1. The second kappa shape index (κ2) is 13.7. The maximum absolute atomic E-state index is 13.7. The number of thioether (sulfide) groups is 1. The van der Waals surface area contributed by atoms with Crippen molar-refractivity contribution in [1.29, 1.82) is 0 Å². The number of halogens is 1. The van der Waals surface area contributed by atoms with E-state index in [1.165, 1.54) is 11.8 Å². The fraction of sp³-hybridized carbons (Fsp3) is 0.0286. The number of hydrogen-bond donors (Lipinski definition) is 1. The van der Waals surface area contributed by atoms with Gasteiger partial charge in [-0.3, -0.25) is 14.9 Å². The van der Waals surface area contributed by atoms with Crippen LogP contribution in [0.5, 0.6) is 0 Å². The Balaban J connectivity index is 1.66. The molecule has 0 fully saturated rings. The Hall–Kier alpha value is -3.76. The standard InChI is InChI=1S/C35H27BrNO2PS/c36-29-23-21-27(22-24-29)33(38)25-41-26-34(37-35(39)28-13-5-1-6-14-28)40(30-15-7-2-8-16-30,31-17-9-3-10-18-31)32-19-11-4-12-20-32/h1-24,26H,25H2/p+1. The lowest BCUT2D eigenvalue weighted by Crippen LogP contribution is -2.38. The van der Waals surface area contributed by atoms with Gasteiger partial charge in [-0.15, -0.1) is 11.8 Å². The lowest BCUT2D eigenvalue weighted by Gasteiger charge is -2.29. The Morgan fingerprint density at radius 3 is 1.51 bits per heavy atom. The SMILES string of the molecule is O=C(CSC=C(NC(=O)c1ccccc1)[P+](c1ccccc1)(c1ccccc1)c1ccccc1)c1ccc(Br)cc1. The van der Waals surface area contributed by atoms with Gasteiger partial charge in [0.25, 0.3) is 5.91 Å². The minimum atomic E-state index is -2.59. The van der Waals surface area contributed by atoms with E-state index < -0.39 is 7.26 Å². The normalized spacial score (nSPS) is 11.6. The molecule has 0 saturated carbocycles. The van der Waals surface area contributed by atoms with Gasteiger partial charge in [0, 0.05) is 21.0 Å². The van der Waals surface area contributed by atoms with Gasteiger partial charge in [-0.1, -0.05) is 101 Å². The number of amides is 1. The zero-order valence-corrected chi connectivity index (χ0v) is 25.5. The summed E-state index contributed by atoms with van der Waals surface area (Å²) in [6.07, 6.45) is 0. The highest BCUT2D eigenvalue weighted by Gasteiger charge is 2.50. The van der Waals surface area contributed by atoms with E-state index in [-0.39, 0.29) is 17.4 Å². The van der Waals surface area contributed by atoms with Crippen molar-refractivity contribution in [2.75, 3.05) is 5.75 Å². The molecule has 202 valence electrons. The van der Waals surface area contributed by atoms with E-state index >= 15 is 0 Å². The quantitative estimate of drug-likeness (QED) is 0.127. The molecule has 41 heavy (non-hydrogen) atoms. The maximum Gasteiger partial charge on any atom is 0.258 e. The first-order valence-corrected chi connectivity index (χ1v) is 16.8. The van der Waals surface area contributed by atoms with Gasteiger partial charge in [0.15, 0.2) is 18.5 Å². The first kappa shape index (κ1) is 28.8. The van der Waals surface area contributed by atoms with Gasteiger partial charge in [-0.05, 0) is 60.7 Å². The van der Waals surface area contributed by atoms with Gasteiger partial charge in [0.1, 0.15) is 15.9 Å². The number of rotatable bonds is 10. The molecule has 0 aliphatic rings. The van der Waals surface area contributed by atoms with Crippen LogP contribution in [0.1, 0.15) is 20.7 Å². The highest BCUT2D eigenvalue weighted by molar-refractivity contribution is 9.10. The molecule has 1 amide bonds. The molecule has 0 heterocycles. The predicted octanol–water partition coefficient (Wildman–Crippen LogP) is 7.59. The van der Waals surface area contributed by atoms with Crippen LogP contribution >= 0.6 is 35.0 Å². The number of carbonyl (C=O) groups is 2. The van der Waals surface area contributed by atoms with Crippen molar-refractivity contribution in [2.45, 2.75) is 0 Å². The topological polar surface area (TPSA) is 46.2 Å². The smallest absolute Gasteiger partial charge is 0.258 e. The van der Waals surface area contributed by atoms with Crippen molar-refractivity contribution in [2.24, 2.45) is 0 Å². The molecular weight excluding hydrogens is 609 g/mol. The van der Waals surface area contributed by atoms with Gasteiger partial charge in [-0.2, -0.15) is 0 Å². The summed E-state index contributed by atoms with van der Waals surface area (Å²) in [6, 6.07) is 47.7. The molecule has 3 nitrogen and oxygen atoms in total. The zero-order chi connectivity index (χ0) is 28.5. The summed E-state index contributed by atoms with van der Waals surface area (Å²) in [6.45, 7) is 0. The molecular formula is C35H28BrNO2PS+. The highest BCUT2D eigenvalue weighted by atomic mass is 79.9. The molecule has 0 unspecified atom stereocenters. The summed E-state index contributed by atoms with van der Waals surface area (Å²) in [5.74, 6) is 0.0736. The summed E-state index contributed by atoms with van der Waals surface area (Å²) in [5, 5.41) is 8.63. The van der Waals surface area contributed by atoms with E-state index in [1.54, 1.807) is 0 Å². The lowest BCUT2D eigenvalue weighted by molar-refractivity contribution is 0.0967. The van der Waals surface area contributed by atoms with Crippen LogP contribution in [0.15, 0.2) is 161 Å². The molecule has 1 N–H and O–H groups in total. The molecule has 0 aromatic heterocycles. The summed E-state index contributed by atoms with van der Waals surface area (Å²) in [4.78, 5) is 26.8. The average Bonchev–Trinajstić information content (AvgIpc) is 3.03. The molecule has 0 atom stereocenters. The van der Waals surface area contributed by atoms with Crippen molar-refractivity contribution in [3.63, 3.8) is 0 Å². The van der Waals surface area contributed by atoms with E-state index in [2.05, 4.69) is 57.6 Å². The zero-order valence-electron chi connectivity index (χ0n) is 22.2. The van der Waals surface area contributed by atoms with E-state index in [4.69, 9.17) is 0 Å². The Morgan fingerprint density at radius 1 is 0.610 bits per heavy atom. The third kappa shape index (κ3) is 6.60. The second-order valence-electron chi connectivity index (χ2n) is 9.24. The van der Waals surface area contributed by atoms with Crippen LogP contribution in [-0.4, -0.2) is 17.4 Å². The fourth-order valence-corrected chi connectivity index (χ4v) is 10.3. The van der Waals surface area contributed by atoms with E-state index in [0.29, 0.717) is 11.1 Å². The molecule has 0 saturated heterocycles. The average molecular weight is 638 g/mol. The maximum atomic E-state index is 13.7. The van der Waals surface area contributed by atoms with Crippen molar-refractivity contribution >= 4 is 62.6 Å². The summed E-state index contributed by atoms with van der Waals surface area (Å²) >= 11 is 4.84. The summed E-state index contributed by atoms with van der Waals surface area (Å²) < 4.78 is 0.927. The largest absolute Gasteiger partial charge is 0.293 e. The third-order valence-corrected chi connectivity index (χ3v) is 12.4. The molecule has 0 spiro atoms. The Morgan fingerprint density at radius 2 is 1.05 bits per heavy atom. The number of benzene rings is 5. The van der Waals surface area contributed by atoms with Crippen molar-refractivity contribution in [3.8, 4) is 0 Å². The molecule has 0 radical (unpaired) electrons. The Labute approximate surface area is 254 Å². The molecule has 5 rings (SSSR count). The lowest BCUT2D eigenvalue weighted by atomic mass is 10.2. The van der Waals surface area contributed by atoms with Crippen molar-refractivity contribution in [1.82, 2.24) is 5.32 Å². The Kier molecular flexibility index (Phi) is 9.63. The fourth-order valence-electron chi connectivity index (χ4n) is 4.71. The van der Waals surface area contributed by atoms with Gasteiger partial charge >= 0.3 is 0 Å². The van der Waals surface area contributed by atoms with Crippen LogP contribution in [0.4, 0.5) is 0 Å². The molecule has 0 aliphatic heterocycles. The number of hydrogen-bond acceptors (Lipinski definition) is 3. The number of ketones is 1. The highest BCUT2D eigenvalue weighted by Crippen LogP contribution is 2.61. The summed E-state index contributed by atoms with van der Waals surface area (Å²) in [5.41, 5.74) is 2.00. The third-order valence-electron chi connectivity index (χ3n) is 6.64. The molecule has 0 aliphatic carbocycles. The monoisotopic (exact) mass is 636 g/mol. The molecule has 5 aromatic carbocycles. The van der Waals surface area contributed by atoms with Crippen molar-refractivity contribution < 1.29 is 9.59 Å². The van der Waals surface area contributed by atoms with Crippen LogP contribution in [0.3, 0.4) is 0 Å². The summed E-state index contributed by atoms with van der Waals surface area (Å²) in [7, 11) is -2.59. The van der Waals surface area contributed by atoms with Crippen LogP contribution in [0.2, 0.25) is 0 Å². The second-order valence-corrected chi connectivity index (χ2v) is 14.4. The molecule has 5 aromatic rings. The van der Waals surface area contributed by atoms with E-state index in [9.17, 15) is 9.59 Å². The van der Waals surface area contributed by atoms with Gasteiger partial charge in [-0.25, -0.2) is 0 Å². The van der Waals surface area contributed by atoms with Gasteiger partial charge < -0.3 is 0 Å². The van der Waals surface area contributed by atoms with Crippen LogP contribution in [0.25, 0.3) is 0 Å². The minimum Gasteiger partial charge on any atom is -0.293 e. The van der Waals surface area contributed by atoms with Gasteiger partial charge in [0.05, 0.1) is 5.75 Å². The minimum absolute atomic E-state index is 0.0237. The molecule has 0 bridgehead atoms. The number of carbonyl (C=O) groups excluding carboxylic acids is 2. The first-order valence-electron chi connectivity index (χ1n) is 13.1. The van der Waals surface area contributed by atoms with Gasteiger partial charge in [0.2, 0.25) is 0 Å².